The number of carboxylic acids is 1. The van der Waals surface area contributed by atoms with E-state index >= 15 is 0 Å². The number of aromatic nitrogens is 1. The zero-order chi connectivity index (χ0) is 16.2. The molecule has 0 amide bonds. The summed E-state index contributed by atoms with van der Waals surface area (Å²) in [7, 11) is 0. The Hall–Kier alpha value is -2.35. The number of nitrogens with zero attached hydrogens (tertiary/aromatic N) is 1. The molecule has 5 nitrogen and oxygen atoms in total. The van der Waals surface area contributed by atoms with Gasteiger partial charge in [-0.1, -0.05) is 23.4 Å². The van der Waals surface area contributed by atoms with Crippen molar-refractivity contribution < 1.29 is 19.2 Å². The molecule has 0 aliphatic heterocycles. The lowest BCUT2D eigenvalue weighted by molar-refractivity contribution is 0.0652. The van der Waals surface area contributed by atoms with Gasteiger partial charge in [0.05, 0.1) is 0 Å². The van der Waals surface area contributed by atoms with Crippen molar-refractivity contribution in [3.63, 3.8) is 0 Å². The topological polar surface area (TPSA) is 72.6 Å². The average molecular weight is 421 g/mol. The van der Waals surface area contributed by atoms with Crippen molar-refractivity contribution in [1.82, 2.24) is 5.16 Å². The third-order valence-electron chi connectivity index (χ3n) is 3.22. The van der Waals surface area contributed by atoms with Crippen LogP contribution < -0.4 is 4.74 Å². The highest BCUT2D eigenvalue weighted by molar-refractivity contribution is 14.1. The summed E-state index contributed by atoms with van der Waals surface area (Å²) in [5.41, 5.74) is 2.37. The van der Waals surface area contributed by atoms with Crippen LogP contribution in [0.3, 0.4) is 0 Å². The van der Waals surface area contributed by atoms with Gasteiger partial charge in [-0.2, -0.15) is 0 Å². The number of aromatic carboxylic acids is 1. The van der Waals surface area contributed by atoms with Gasteiger partial charge in [0.1, 0.15) is 18.1 Å². The largest absolute Gasteiger partial charge is 0.489 e. The molecule has 2 aromatic carbocycles. The fourth-order valence-electron chi connectivity index (χ4n) is 2.01. The van der Waals surface area contributed by atoms with Crippen molar-refractivity contribution in [2.75, 3.05) is 0 Å². The number of rotatable bonds is 5. The summed E-state index contributed by atoms with van der Waals surface area (Å²) >= 11 is 2.28. The van der Waals surface area contributed by atoms with E-state index in [1.54, 1.807) is 0 Å². The fraction of sp³-hybridized carbons (Fsp3) is 0.0588. The van der Waals surface area contributed by atoms with Gasteiger partial charge >= 0.3 is 5.97 Å². The summed E-state index contributed by atoms with van der Waals surface area (Å²) in [5, 5.41) is 12.6. The molecular formula is C17H12INO4. The summed E-state index contributed by atoms with van der Waals surface area (Å²) in [4.78, 5) is 10.8. The van der Waals surface area contributed by atoms with Crippen LogP contribution in [0.2, 0.25) is 0 Å². The third-order valence-corrected chi connectivity index (χ3v) is 4.28. The smallest absolute Gasteiger partial charge is 0.374 e. The first kappa shape index (κ1) is 15.5. The predicted octanol–water partition coefficient (Wildman–Crippen LogP) is 4.22. The third kappa shape index (κ3) is 3.70. The average Bonchev–Trinajstić information content (AvgIpc) is 3.05. The molecule has 3 aromatic rings. The van der Waals surface area contributed by atoms with E-state index in [1.807, 2.05) is 48.5 Å². The number of hydrogen-bond donors (Lipinski definition) is 1. The normalized spacial score (nSPS) is 10.5. The predicted molar refractivity (Wildman–Crippen MR) is 92.4 cm³/mol. The molecule has 1 heterocycles. The van der Waals surface area contributed by atoms with Gasteiger partial charge in [-0.25, -0.2) is 4.79 Å². The van der Waals surface area contributed by atoms with Crippen LogP contribution >= 0.6 is 22.6 Å². The minimum atomic E-state index is -1.14. The molecule has 0 aliphatic carbocycles. The maximum Gasteiger partial charge on any atom is 0.374 e. The highest BCUT2D eigenvalue weighted by atomic mass is 127. The van der Waals surface area contributed by atoms with Crippen LogP contribution in [0.25, 0.3) is 11.3 Å². The van der Waals surface area contributed by atoms with Gasteiger partial charge in [0.2, 0.25) is 5.76 Å². The first-order valence-corrected chi connectivity index (χ1v) is 7.88. The number of carbonyl (C=O) groups is 1. The second-order valence-corrected chi connectivity index (χ2v) is 5.95. The molecule has 0 saturated heterocycles. The Bertz CT molecular complexity index is 827. The van der Waals surface area contributed by atoms with Crippen LogP contribution in [0.1, 0.15) is 16.1 Å². The van der Waals surface area contributed by atoms with E-state index in [4.69, 9.17) is 14.4 Å². The van der Waals surface area contributed by atoms with Gasteiger partial charge in [0, 0.05) is 20.8 Å². The SMILES string of the molecule is O=C(O)c1cc(-c2ccc(OCc3ccccc3I)cc2)no1. The Balaban J connectivity index is 1.69. The Morgan fingerprint density at radius 1 is 1.17 bits per heavy atom. The van der Waals surface area contributed by atoms with Crippen molar-refractivity contribution in [3.05, 3.63) is 69.5 Å². The lowest BCUT2D eigenvalue weighted by atomic mass is 10.1. The zero-order valence-electron chi connectivity index (χ0n) is 11.9. The molecule has 0 saturated carbocycles. The van der Waals surface area contributed by atoms with Crippen LogP contribution in [0.15, 0.2) is 59.1 Å². The summed E-state index contributed by atoms with van der Waals surface area (Å²) in [6, 6.07) is 16.7. The van der Waals surface area contributed by atoms with E-state index in [-0.39, 0.29) is 5.76 Å². The van der Waals surface area contributed by atoms with Crippen LogP contribution in [0.5, 0.6) is 5.75 Å². The van der Waals surface area contributed by atoms with E-state index in [0.717, 1.165) is 20.4 Å². The fourth-order valence-corrected chi connectivity index (χ4v) is 2.55. The highest BCUT2D eigenvalue weighted by Gasteiger charge is 2.12. The molecule has 1 aromatic heterocycles. The van der Waals surface area contributed by atoms with Crippen LogP contribution in [0, 0.1) is 3.57 Å². The standard InChI is InChI=1S/C17H12INO4/c18-14-4-2-1-3-12(14)10-22-13-7-5-11(6-8-13)15-9-16(17(20)21)23-19-15/h1-9H,10H2,(H,20,21). The van der Waals surface area contributed by atoms with Crippen molar-refractivity contribution in [1.29, 1.82) is 0 Å². The molecule has 0 spiro atoms. The molecule has 0 radical (unpaired) electrons. The number of carboxylic acid groups (broad SMARTS) is 1. The van der Waals surface area contributed by atoms with Crippen LogP contribution in [0.4, 0.5) is 0 Å². The van der Waals surface area contributed by atoms with Crippen LogP contribution in [-0.2, 0) is 6.61 Å². The van der Waals surface area contributed by atoms with Crippen molar-refractivity contribution >= 4 is 28.6 Å². The van der Waals surface area contributed by atoms with Gasteiger partial charge in [0.15, 0.2) is 0 Å². The minimum absolute atomic E-state index is 0.182. The Labute approximate surface area is 146 Å². The maximum atomic E-state index is 10.8. The Morgan fingerprint density at radius 2 is 1.91 bits per heavy atom. The van der Waals surface area contributed by atoms with E-state index in [9.17, 15) is 4.79 Å². The van der Waals surface area contributed by atoms with E-state index < -0.39 is 5.97 Å². The molecule has 0 unspecified atom stereocenters. The van der Waals surface area contributed by atoms with Crippen molar-refractivity contribution in [2.24, 2.45) is 0 Å². The lowest BCUT2D eigenvalue weighted by Crippen LogP contribution is -1.97. The lowest BCUT2D eigenvalue weighted by Gasteiger charge is -2.08. The first-order chi connectivity index (χ1) is 11.1. The summed E-state index contributed by atoms with van der Waals surface area (Å²) < 4.78 is 11.7. The van der Waals surface area contributed by atoms with Gasteiger partial charge in [-0.15, -0.1) is 0 Å². The second-order valence-electron chi connectivity index (χ2n) is 4.79. The minimum Gasteiger partial charge on any atom is -0.489 e. The monoisotopic (exact) mass is 421 g/mol. The highest BCUT2D eigenvalue weighted by Crippen LogP contribution is 2.23. The van der Waals surface area contributed by atoms with E-state index in [2.05, 4.69) is 27.7 Å². The number of halogens is 1. The van der Waals surface area contributed by atoms with Gasteiger partial charge < -0.3 is 14.4 Å². The second kappa shape index (κ2) is 6.82. The molecule has 116 valence electrons. The molecule has 6 heteroatoms. The molecule has 3 rings (SSSR count). The van der Waals surface area contributed by atoms with Crippen molar-refractivity contribution in [2.45, 2.75) is 6.61 Å². The Kier molecular flexibility index (Phi) is 4.61. The number of ether oxygens (including phenoxy) is 1. The number of hydrogen-bond acceptors (Lipinski definition) is 4. The molecule has 0 atom stereocenters. The summed E-state index contributed by atoms with van der Waals surface area (Å²) in [6.07, 6.45) is 0. The molecule has 1 N–H and O–H groups in total. The van der Waals surface area contributed by atoms with Gasteiger partial charge in [-0.05, 0) is 52.9 Å². The Morgan fingerprint density at radius 3 is 2.57 bits per heavy atom. The summed E-state index contributed by atoms with van der Waals surface area (Å²) in [6.45, 7) is 0.492. The van der Waals surface area contributed by atoms with Gasteiger partial charge in [0.25, 0.3) is 0 Å². The van der Waals surface area contributed by atoms with Crippen LogP contribution in [-0.4, -0.2) is 16.2 Å². The molecule has 0 fully saturated rings. The first-order valence-electron chi connectivity index (χ1n) is 6.80. The zero-order valence-corrected chi connectivity index (χ0v) is 14.1. The van der Waals surface area contributed by atoms with E-state index in [0.29, 0.717) is 12.3 Å². The van der Waals surface area contributed by atoms with E-state index in [1.165, 1.54) is 6.07 Å². The van der Waals surface area contributed by atoms with Gasteiger partial charge in [-0.3, -0.25) is 0 Å². The number of benzene rings is 2. The van der Waals surface area contributed by atoms with Crippen molar-refractivity contribution in [3.8, 4) is 17.0 Å². The molecular weight excluding hydrogens is 409 g/mol. The molecule has 0 bridgehead atoms. The quantitative estimate of drug-likeness (QED) is 0.625. The molecule has 23 heavy (non-hydrogen) atoms. The summed E-state index contributed by atoms with van der Waals surface area (Å²) in [5.74, 6) is -0.587. The maximum absolute atomic E-state index is 10.8. The molecule has 0 aliphatic rings.